The van der Waals surface area contributed by atoms with Gasteiger partial charge in [-0.1, -0.05) is 6.07 Å². The maximum atomic E-state index is 12.5. The number of hydrogen-bond donors (Lipinski definition) is 2. The van der Waals surface area contributed by atoms with Crippen LogP contribution in [0.4, 0.5) is 16.3 Å². The summed E-state index contributed by atoms with van der Waals surface area (Å²) in [5, 5.41) is 5.82. The van der Waals surface area contributed by atoms with Crippen molar-refractivity contribution in [3.05, 3.63) is 42.1 Å². The van der Waals surface area contributed by atoms with Gasteiger partial charge in [0.05, 0.1) is 6.42 Å². The summed E-state index contributed by atoms with van der Waals surface area (Å²) in [4.78, 5) is 31.0. The Kier molecular flexibility index (Phi) is 6.57. The Morgan fingerprint density at radius 2 is 1.88 bits per heavy atom. The van der Waals surface area contributed by atoms with E-state index in [-0.39, 0.29) is 31.3 Å². The number of amides is 2. The normalized spacial score (nSPS) is 15.8. The van der Waals surface area contributed by atoms with Crippen molar-refractivity contribution < 1.29 is 23.8 Å². The number of benzene rings is 1. The number of alkyl carbamates (subject to hydrolysis) is 1. The largest absolute Gasteiger partial charge is 0.454 e. The van der Waals surface area contributed by atoms with Gasteiger partial charge >= 0.3 is 6.09 Å². The van der Waals surface area contributed by atoms with Crippen molar-refractivity contribution in [2.45, 2.75) is 51.7 Å². The second-order valence-electron chi connectivity index (χ2n) is 9.22. The van der Waals surface area contributed by atoms with Crippen LogP contribution in [0.25, 0.3) is 0 Å². The third-order valence-electron chi connectivity index (χ3n) is 5.39. The quantitative estimate of drug-likeness (QED) is 0.713. The molecule has 1 fully saturated rings. The van der Waals surface area contributed by atoms with E-state index in [1.54, 1.807) is 6.20 Å². The van der Waals surface area contributed by atoms with Gasteiger partial charge in [0.2, 0.25) is 12.7 Å². The number of ether oxygens (including phenoxy) is 3. The first-order chi connectivity index (χ1) is 15.7. The first-order valence-electron chi connectivity index (χ1n) is 11.1. The fourth-order valence-electron chi connectivity index (χ4n) is 3.86. The lowest BCUT2D eigenvalue weighted by molar-refractivity contribution is -0.115. The third-order valence-corrected chi connectivity index (χ3v) is 5.39. The molecule has 0 bridgehead atoms. The molecule has 1 aromatic carbocycles. The van der Waals surface area contributed by atoms with E-state index in [0.29, 0.717) is 17.3 Å². The molecule has 2 N–H and O–H groups in total. The monoisotopic (exact) mass is 454 g/mol. The lowest BCUT2D eigenvalue weighted by Gasteiger charge is -2.34. The fraction of sp³-hybridized carbons (Fsp3) is 0.458. The van der Waals surface area contributed by atoms with E-state index in [1.807, 2.05) is 51.1 Å². The van der Waals surface area contributed by atoms with Gasteiger partial charge in [0, 0.05) is 37.1 Å². The van der Waals surface area contributed by atoms with Gasteiger partial charge in [0.1, 0.15) is 11.4 Å². The van der Waals surface area contributed by atoms with Gasteiger partial charge in [-0.05, 0) is 57.4 Å². The summed E-state index contributed by atoms with van der Waals surface area (Å²) in [6.45, 7) is 7.33. The first-order valence-corrected chi connectivity index (χ1v) is 11.1. The number of hydrogen-bond acceptors (Lipinski definition) is 7. The number of nitrogens with one attached hydrogen (secondary N) is 2. The molecule has 1 saturated heterocycles. The fourth-order valence-corrected chi connectivity index (χ4v) is 3.86. The van der Waals surface area contributed by atoms with Crippen LogP contribution in [0.2, 0.25) is 0 Å². The van der Waals surface area contributed by atoms with Crippen LogP contribution < -0.4 is 25.0 Å². The molecule has 176 valence electrons. The van der Waals surface area contributed by atoms with Crippen LogP contribution in [0.15, 0.2) is 36.5 Å². The summed E-state index contributed by atoms with van der Waals surface area (Å²) in [6.07, 6.45) is 3.15. The van der Waals surface area contributed by atoms with E-state index < -0.39 is 5.60 Å². The van der Waals surface area contributed by atoms with E-state index in [2.05, 4.69) is 20.5 Å². The Morgan fingerprint density at radius 1 is 1.12 bits per heavy atom. The van der Waals surface area contributed by atoms with Gasteiger partial charge in [0.25, 0.3) is 0 Å². The van der Waals surface area contributed by atoms with Crippen molar-refractivity contribution in [2.24, 2.45) is 0 Å². The van der Waals surface area contributed by atoms with Crippen molar-refractivity contribution in [2.75, 3.05) is 30.1 Å². The molecule has 0 radical (unpaired) electrons. The number of piperidine rings is 1. The van der Waals surface area contributed by atoms with Gasteiger partial charge in [-0.25, -0.2) is 9.78 Å². The van der Waals surface area contributed by atoms with E-state index in [0.717, 1.165) is 37.2 Å². The van der Waals surface area contributed by atoms with Crippen LogP contribution in [0.1, 0.15) is 39.2 Å². The van der Waals surface area contributed by atoms with Gasteiger partial charge in [-0.2, -0.15) is 0 Å². The van der Waals surface area contributed by atoms with Crippen molar-refractivity contribution in [1.82, 2.24) is 10.3 Å². The van der Waals surface area contributed by atoms with E-state index >= 15 is 0 Å². The van der Waals surface area contributed by atoms with Crippen molar-refractivity contribution in [3.63, 3.8) is 0 Å². The van der Waals surface area contributed by atoms with Crippen molar-refractivity contribution in [1.29, 1.82) is 0 Å². The minimum Gasteiger partial charge on any atom is -0.454 e. The Labute approximate surface area is 193 Å². The Balaban J connectivity index is 1.28. The lowest BCUT2D eigenvalue weighted by Crippen LogP contribution is -2.46. The molecule has 3 heterocycles. The molecule has 2 amide bonds. The molecule has 4 rings (SSSR count). The average Bonchev–Trinajstić information content (AvgIpc) is 3.21. The van der Waals surface area contributed by atoms with Crippen molar-refractivity contribution in [3.8, 4) is 11.5 Å². The average molecular weight is 455 g/mol. The number of pyridine rings is 1. The zero-order chi connectivity index (χ0) is 23.4. The van der Waals surface area contributed by atoms with Crippen LogP contribution in [-0.4, -0.2) is 48.5 Å². The van der Waals surface area contributed by atoms with E-state index in [4.69, 9.17) is 14.2 Å². The molecular weight excluding hydrogens is 424 g/mol. The van der Waals surface area contributed by atoms with Gasteiger partial charge < -0.3 is 29.7 Å². The number of carbonyl (C=O) groups is 2. The predicted octanol–water partition coefficient (Wildman–Crippen LogP) is 3.49. The summed E-state index contributed by atoms with van der Waals surface area (Å²) in [6, 6.07) is 9.37. The molecule has 33 heavy (non-hydrogen) atoms. The number of rotatable bonds is 5. The lowest BCUT2D eigenvalue weighted by atomic mass is 10.0. The van der Waals surface area contributed by atoms with Gasteiger partial charge in [-0.15, -0.1) is 0 Å². The van der Waals surface area contributed by atoms with Crippen LogP contribution in [-0.2, 0) is 16.0 Å². The molecule has 2 aliphatic heterocycles. The maximum Gasteiger partial charge on any atom is 0.407 e. The third kappa shape index (κ3) is 6.27. The topological polar surface area (TPSA) is 102 Å². The van der Waals surface area contributed by atoms with Crippen LogP contribution >= 0.6 is 0 Å². The van der Waals surface area contributed by atoms with Crippen LogP contribution in [0.5, 0.6) is 11.5 Å². The highest BCUT2D eigenvalue weighted by atomic mass is 16.7. The molecule has 0 saturated carbocycles. The standard InChI is InChI=1S/C24H30N4O5/c1-24(2,3)33-23(30)26-17-7-10-28(11-8-17)18-6-9-25-21(14-18)27-22(29)13-16-4-5-19-20(12-16)32-15-31-19/h4-6,9,12,14,17H,7-8,10-11,13,15H2,1-3H3,(H,26,30)(H,25,27,29). The molecule has 2 aliphatic rings. The van der Waals surface area contributed by atoms with Crippen molar-refractivity contribution >= 4 is 23.5 Å². The van der Waals surface area contributed by atoms with Gasteiger partial charge in [0.15, 0.2) is 11.5 Å². The molecule has 0 unspecified atom stereocenters. The summed E-state index contributed by atoms with van der Waals surface area (Å²) in [5.74, 6) is 1.70. The smallest absolute Gasteiger partial charge is 0.407 e. The number of nitrogens with zero attached hydrogens (tertiary/aromatic N) is 2. The molecule has 9 heteroatoms. The summed E-state index contributed by atoms with van der Waals surface area (Å²) in [5.41, 5.74) is 1.32. The second kappa shape index (κ2) is 9.56. The summed E-state index contributed by atoms with van der Waals surface area (Å²) in [7, 11) is 0. The van der Waals surface area contributed by atoms with Gasteiger partial charge in [-0.3, -0.25) is 4.79 Å². The molecule has 9 nitrogen and oxygen atoms in total. The Bertz CT molecular complexity index is 1010. The number of aromatic nitrogens is 1. The van der Waals surface area contributed by atoms with E-state index in [9.17, 15) is 9.59 Å². The van der Waals surface area contributed by atoms with Crippen LogP contribution in [0, 0.1) is 0 Å². The number of carbonyl (C=O) groups excluding carboxylic acids is 2. The second-order valence-corrected chi connectivity index (χ2v) is 9.22. The van der Waals surface area contributed by atoms with Crippen LogP contribution in [0.3, 0.4) is 0 Å². The highest BCUT2D eigenvalue weighted by Crippen LogP contribution is 2.32. The zero-order valence-corrected chi connectivity index (χ0v) is 19.2. The molecule has 2 aromatic rings. The molecule has 0 atom stereocenters. The Morgan fingerprint density at radius 3 is 2.64 bits per heavy atom. The zero-order valence-electron chi connectivity index (χ0n) is 19.2. The summed E-state index contributed by atoms with van der Waals surface area (Å²) >= 11 is 0. The first kappa shape index (κ1) is 22.7. The molecule has 1 aromatic heterocycles. The SMILES string of the molecule is CC(C)(C)OC(=O)NC1CCN(c2ccnc(NC(=O)Cc3ccc4c(c3)OCO4)c2)CC1. The molecular formula is C24H30N4O5. The highest BCUT2D eigenvalue weighted by Gasteiger charge is 2.24. The molecule has 0 spiro atoms. The number of fused-ring (bicyclic) bond motifs is 1. The minimum absolute atomic E-state index is 0.0822. The Hall–Kier alpha value is -3.49. The van der Waals surface area contributed by atoms with E-state index in [1.165, 1.54) is 0 Å². The number of anilines is 2. The summed E-state index contributed by atoms with van der Waals surface area (Å²) < 4.78 is 16.0. The highest BCUT2D eigenvalue weighted by molar-refractivity contribution is 5.91. The minimum atomic E-state index is -0.509. The molecule has 0 aliphatic carbocycles. The maximum absolute atomic E-state index is 12.5. The predicted molar refractivity (Wildman–Crippen MR) is 124 cm³/mol.